The summed E-state index contributed by atoms with van der Waals surface area (Å²) in [6.45, 7) is 6.68. The summed E-state index contributed by atoms with van der Waals surface area (Å²) in [5, 5.41) is 3.32. The molecule has 1 fully saturated rings. The van der Waals surface area contributed by atoms with E-state index < -0.39 is 0 Å². The number of rotatable bonds is 6. The zero-order valence-corrected chi connectivity index (χ0v) is 20.9. The average molecular weight is 570 g/mol. The third-order valence-electron chi connectivity index (χ3n) is 4.70. The standard InChI is InChI=1S/C19H28BrN3O4.HI/c1-6-21-19(23-10-12(2)14(11-23)18(24)27-5)22-9-13-7-16(25-3)17(26-4)8-15(13)20;/h7-8,12,14H,6,9-11H2,1-5H3,(H,21,22);1H. The van der Waals surface area contributed by atoms with Crippen LogP contribution in [-0.2, 0) is 16.1 Å². The lowest BCUT2D eigenvalue weighted by Gasteiger charge is -2.21. The van der Waals surface area contributed by atoms with Gasteiger partial charge in [0.25, 0.3) is 0 Å². The van der Waals surface area contributed by atoms with Crippen LogP contribution in [0.3, 0.4) is 0 Å². The summed E-state index contributed by atoms with van der Waals surface area (Å²) < 4.78 is 16.5. The first-order chi connectivity index (χ1) is 12.9. The predicted octanol–water partition coefficient (Wildman–Crippen LogP) is 3.29. The lowest BCUT2D eigenvalue weighted by Crippen LogP contribution is -2.40. The number of hydrogen-bond acceptors (Lipinski definition) is 5. The Bertz CT molecular complexity index is 702. The summed E-state index contributed by atoms with van der Waals surface area (Å²) in [5.41, 5.74) is 0.986. The fourth-order valence-corrected chi connectivity index (χ4v) is 3.65. The highest BCUT2D eigenvalue weighted by Gasteiger charge is 2.36. The monoisotopic (exact) mass is 569 g/mol. The molecule has 158 valence electrons. The molecule has 1 heterocycles. The second kappa shape index (κ2) is 11.7. The molecular weight excluding hydrogens is 541 g/mol. The summed E-state index contributed by atoms with van der Waals surface area (Å²) in [6.07, 6.45) is 0. The second-order valence-electron chi connectivity index (χ2n) is 6.48. The Morgan fingerprint density at radius 2 is 1.89 bits per heavy atom. The van der Waals surface area contributed by atoms with Crippen molar-refractivity contribution in [2.75, 3.05) is 41.0 Å². The van der Waals surface area contributed by atoms with E-state index in [0.29, 0.717) is 24.6 Å². The van der Waals surface area contributed by atoms with Crippen molar-refractivity contribution < 1.29 is 19.0 Å². The lowest BCUT2D eigenvalue weighted by atomic mass is 9.99. The number of ether oxygens (including phenoxy) is 3. The van der Waals surface area contributed by atoms with Crippen LogP contribution in [0.5, 0.6) is 11.5 Å². The number of aliphatic imine (C=N–C) groups is 1. The topological polar surface area (TPSA) is 72.4 Å². The lowest BCUT2D eigenvalue weighted by molar-refractivity contribution is -0.145. The number of carbonyl (C=O) groups excluding carboxylic acids is 1. The zero-order valence-electron chi connectivity index (χ0n) is 17.0. The minimum absolute atomic E-state index is 0. The third-order valence-corrected chi connectivity index (χ3v) is 5.44. The van der Waals surface area contributed by atoms with Gasteiger partial charge in [-0.25, -0.2) is 4.99 Å². The van der Waals surface area contributed by atoms with E-state index in [0.717, 1.165) is 29.1 Å². The van der Waals surface area contributed by atoms with Gasteiger partial charge in [0.1, 0.15) is 0 Å². The van der Waals surface area contributed by atoms with E-state index in [1.807, 2.05) is 19.1 Å². The molecule has 0 radical (unpaired) electrons. The largest absolute Gasteiger partial charge is 0.493 e. The molecule has 1 saturated heterocycles. The van der Waals surface area contributed by atoms with Gasteiger partial charge in [0, 0.05) is 24.1 Å². The van der Waals surface area contributed by atoms with E-state index in [1.165, 1.54) is 7.11 Å². The van der Waals surface area contributed by atoms with Crippen molar-refractivity contribution in [2.24, 2.45) is 16.8 Å². The Morgan fingerprint density at radius 3 is 2.46 bits per heavy atom. The van der Waals surface area contributed by atoms with Crippen molar-refractivity contribution in [3.05, 3.63) is 22.2 Å². The third kappa shape index (κ3) is 5.88. The molecule has 1 aromatic carbocycles. The average Bonchev–Trinajstić information content (AvgIpc) is 3.06. The number of likely N-dealkylation sites (tertiary alicyclic amines) is 1. The van der Waals surface area contributed by atoms with Crippen LogP contribution in [0.15, 0.2) is 21.6 Å². The highest BCUT2D eigenvalue weighted by molar-refractivity contribution is 14.0. The van der Waals surface area contributed by atoms with Crippen molar-refractivity contribution in [3.63, 3.8) is 0 Å². The molecule has 2 unspecified atom stereocenters. The Balaban J connectivity index is 0.00000392. The molecule has 1 aromatic rings. The van der Waals surface area contributed by atoms with Crippen LogP contribution in [0.1, 0.15) is 19.4 Å². The molecule has 0 spiro atoms. The molecule has 1 N–H and O–H groups in total. The summed E-state index contributed by atoms with van der Waals surface area (Å²) in [6, 6.07) is 3.79. The maximum absolute atomic E-state index is 12.0. The molecule has 2 atom stereocenters. The highest BCUT2D eigenvalue weighted by atomic mass is 127. The van der Waals surface area contributed by atoms with Crippen molar-refractivity contribution in [3.8, 4) is 11.5 Å². The first-order valence-electron chi connectivity index (χ1n) is 8.96. The van der Waals surface area contributed by atoms with Crippen LogP contribution >= 0.6 is 39.9 Å². The van der Waals surface area contributed by atoms with Crippen LogP contribution < -0.4 is 14.8 Å². The Labute approximate surface area is 192 Å². The number of methoxy groups -OCH3 is 3. The van der Waals surface area contributed by atoms with Crippen molar-refractivity contribution in [2.45, 2.75) is 20.4 Å². The van der Waals surface area contributed by atoms with Gasteiger partial charge in [0.05, 0.1) is 33.8 Å². The van der Waals surface area contributed by atoms with Crippen LogP contribution in [0.4, 0.5) is 0 Å². The number of guanidine groups is 1. The summed E-state index contributed by atoms with van der Waals surface area (Å²) in [4.78, 5) is 18.8. The van der Waals surface area contributed by atoms with Gasteiger partial charge in [0.2, 0.25) is 0 Å². The molecule has 28 heavy (non-hydrogen) atoms. The van der Waals surface area contributed by atoms with E-state index in [9.17, 15) is 4.79 Å². The van der Waals surface area contributed by atoms with Crippen molar-refractivity contribution in [1.82, 2.24) is 10.2 Å². The Hall–Kier alpha value is -1.23. The number of esters is 1. The first-order valence-corrected chi connectivity index (χ1v) is 9.75. The fraction of sp³-hybridized carbons (Fsp3) is 0.579. The van der Waals surface area contributed by atoms with Crippen molar-refractivity contribution in [1.29, 1.82) is 0 Å². The molecule has 1 aliphatic rings. The number of nitrogens with zero attached hydrogens (tertiary/aromatic N) is 2. The van der Waals surface area contributed by atoms with E-state index in [2.05, 4.69) is 33.1 Å². The number of benzene rings is 1. The number of nitrogens with one attached hydrogen (secondary N) is 1. The van der Waals surface area contributed by atoms with E-state index in [4.69, 9.17) is 19.2 Å². The maximum atomic E-state index is 12.0. The molecule has 0 amide bonds. The SMILES string of the molecule is CCNC(=NCc1cc(OC)c(OC)cc1Br)N1CC(C)C(C(=O)OC)C1.I. The van der Waals surface area contributed by atoms with Crippen LogP contribution in [0.25, 0.3) is 0 Å². The number of halogens is 2. The normalized spacial score (nSPS) is 19.1. The molecule has 7 nitrogen and oxygen atoms in total. The van der Waals surface area contributed by atoms with Gasteiger partial charge >= 0.3 is 5.97 Å². The van der Waals surface area contributed by atoms with Crippen molar-refractivity contribution >= 4 is 51.8 Å². The minimum atomic E-state index is -0.163. The van der Waals surface area contributed by atoms with Gasteiger partial charge in [-0.1, -0.05) is 22.9 Å². The fourth-order valence-electron chi connectivity index (χ4n) is 3.20. The van der Waals surface area contributed by atoms with E-state index in [1.54, 1.807) is 14.2 Å². The Kier molecular flexibility index (Phi) is 10.4. The quantitative estimate of drug-likeness (QED) is 0.245. The number of hydrogen-bond donors (Lipinski definition) is 1. The van der Waals surface area contributed by atoms with Gasteiger partial charge in [-0.3, -0.25) is 4.79 Å². The first kappa shape index (κ1) is 24.8. The second-order valence-corrected chi connectivity index (χ2v) is 7.34. The van der Waals surface area contributed by atoms with E-state index >= 15 is 0 Å². The molecule has 0 saturated carbocycles. The zero-order chi connectivity index (χ0) is 20.0. The molecule has 1 aliphatic heterocycles. The minimum Gasteiger partial charge on any atom is -0.493 e. The summed E-state index contributed by atoms with van der Waals surface area (Å²) in [5.74, 6) is 2.04. The van der Waals surface area contributed by atoms with Crippen LogP contribution in [0, 0.1) is 11.8 Å². The van der Waals surface area contributed by atoms with Gasteiger partial charge < -0.3 is 24.4 Å². The molecule has 0 bridgehead atoms. The Morgan fingerprint density at radius 1 is 1.25 bits per heavy atom. The molecule has 9 heteroatoms. The smallest absolute Gasteiger partial charge is 0.310 e. The molecule has 0 aromatic heterocycles. The van der Waals surface area contributed by atoms with Crippen LogP contribution in [0.2, 0.25) is 0 Å². The number of carbonyl (C=O) groups is 1. The highest BCUT2D eigenvalue weighted by Crippen LogP contribution is 2.33. The van der Waals surface area contributed by atoms with Crippen LogP contribution in [-0.4, -0.2) is 57.8 Å². The maximum Gasteiger partial charge on any atom is 0.310 e. The summed E-state index contributed by atoms with van der Waals surface area (Å²) in [7, 11) is 4.66. The molecular formula is C19H29BrIN3O4. The molecule has 2 rings (SSSR count). The van der Waals surface area contributed by atoms with Gasteiger partial charge in [-0.2, -0.15) is 0 Å². The summed E-state index contributed by atoms with van der Waals surface area (Å²) >= 11 is 3.57. The molecule has 0 aliphatic carbocycles. The van der Waals surface area contributed by atoms with Gasteiger partial charge in [-0.05, 0) is 30.5 Å². The van der Waals surface area contributed by atoms with E-state index in [-0.39, 0.29) is 41.8 Å². The van der Waals surface area contributed by atoms with Gasteiger partial charge in [0.15, 0.2) is 17.5 Å². The van der Waals surface area contributed by atoms with Gasteiger partial charge in [-0.15, -0.1) is 24.0 Å². The predicted molar refractivity (Wildman–Crippen MR) is 124 cm³/mol.